The Balaban J connectivity index is 2.51. The van der Waals surface area contributed by atoms with Gasteiger partial charge < -0.3 is 14.9 Å². The summed E-state index contributed by atoms with van der Waals surface area (Å²) in [6, 6.07) is 9.31. The van der Waals surface area contributed by atoms with Gasteiger partial charge in [-0.2, -0.15) is 0 Å². The molecule has 0 aliphatic carbocycles. The quantitative estimate of drug-likeness (QED) is 0.575. The highest BCUT2D eigenvalue weighted by Crippen LogP contribution is 2.13. The highest BCUT2D eigenvalue weighted by atomic mass is 16.6. The highest BCUT2D eigenvalue weighted by Gasteiger charge is 2.34. The minimum absolute atomic E-state index is 0.0736. The lowest BCUT2D eigenvalue weighted by Gasteiger charge is -2.19. The first kappa shape index (κ1) is 12.7. The van der Waals surface area contributed by atoms with Gasteiger partial charge in [-0.25, -0.2) is 4.79 Å². The third-order valence-electron chi connectivity index (χ3n) is 2.21. The number of carbonyl (C=O) groups is 1. The Labute approximate surface area is 94.5 Å². The molecule has 0 spiro atoms. The van der Waals surface area contributed by atoms with Crippen LogP contribution in [0.3, 0.4) is 0 Å². The minimum atomic E-state index is -2.40. The molecule has 4 heteroatoms. The third kappa shape index (κ3) is 3.64. The fourth-order valence-electron chi connectivity index (χ4n) is 1.31. The Bertz CT molecular complexity index is 332. The summed E-state index contributed by atoms with van der Waals surface area (Å²) in [5.41, 5.74) is 0.944. The Morgan fingerprint density at radius 1 is 1.31 bits per heavy atom. The monoisotopic (exact) mass is 224 g/mol. The molecule has 0 heterocycles. The average Bonchev–Trinajstić information content (AvgIpc) is 2.28. The average molecular weight is 224 g/mol. The van der Waals surface area contributed by atoms with Crippen LogP contribution < -0.4 is 0 Å². The zero-order valence-electron chi connectivity index (χ0n) is 9.22. The van der Waals surface area contributed by atoms with E-state index in [-0.39, 0.29) is 13.0 Å². The second-order valence-electron chi connectivity index (χ2n) is 3.52. The van der Waals surface area contributed by atoms with Crippen LogP contribution in [0.2, 0.25) is 0 Å². The van der Waals surface area contributed by atoms with Crippen LogP contribution in [0.1, 0.15) is 18.9 Å². The molecular formula is C12H16O4. The van der Waals surface area contributed by atoms with Crippen LogP contribution in [0.25, 0.3) is 0 Å². The SMILES string of the molecule is CCOC(=O)C(O)(O)CCc1ccccc1. The van der Waals surface area contributed by atoms with Crippen LogP contribution >= 0.6 is 0 Å². The lowest BCUT2D eigenvalue weighted by Crippen LogP contribution is -2.40. The van der Waals surface area contributed by atoms with Gasteiger partial charge in [0, 0.05) is 6.42 Å². The predicted octanol–water partition coefficient (Wildman–Crippen LogP) is 0.863. The van der Waals surface area contributed by atoms with Gasteiger partial charge in [-0.1, -0.05) is 30.3 Å². The Hall–Kier alpha value is -1.39. The van der Waals surface area contributed by atoms with E-state index in [4.69, 9.17) is 0 Å². The van der Waals surface area contributed by atoms with Crippen LogP contribution in [0.5, 0.6) is 0 Å². The largest absolute Gasteiger partial charge is 0.462 e. The molecule has 0 fully saturated rings. The molecule has 0 saturated carbocycles. The van der Waals surface area contributed by atoms with Crippen molar-refractivity contribution in [3.8, 4) is 0 Å². The van der Waals surface area contributed by atoms with E-state index in [9.17, 15) is 15.0 Å². The molecule has 0 atom stereocenters. The van der Waals surface area contributed by atoms with Crippen molar-refractivity contribution in [2.45, 2.75) is 25.6 Å². The van der Waals surface area contributed by atoms with E-state index in [1.807, 2.05) is 30.3 Å². The van der Waals surface area contributed by atoms with E-state index >= 15 is 0 Å². The molecule has 0 amide bonds. The van der Waals surface area contributed by atoms with Gasteiger partial charge in [0.2, 0.25) is 0 Å². The van der Waals surface area contributed by atoms with Crippen LogP contribution in [-0.4, -0.2) is 28.6 Å². The maximum Gasteiger partial charge on any atom is 0.366 e. The fraction of sp³-hybridized carbons (Fsp3) is 0.417. The van der Waals surface area contributed by atoms with E-state index in [1.165, 1.54) is 0 Å². The Morgan fingerprint density at radius 3 is 2.50 bits per heavy atom. The van der Waals surface area contributed by atoms with Crippen LogP contribution in [0.4, 0.5) is 0 Å². The number of aryl methyl sites for hydroxylation is 1. The molecule has 1 rings (SSSR count). The summed E-state index contributed by atoms with van der Waals surface area (Å²) in [4.78, 5) is 11.2. The Morgan fingerprint density at radius 2 is 1.94 bits per heavy atom. The van der Waals surface area contributed by atoms with Crippen molar-refractivity contribution in [1.82, 2.24) is 0 Å². The van der Waals surface area contributed by atoms with E-state index in [0.717, 1.165) is 5.56 Å². The first-order valence-corrected chi connectivity index (χ1v) is 5.22. The number of benzene rings is 1. The standard InChI is InChI=1S/C12H16O4/c1-2-16-11(13)12(14,15)9-8-10-6-4-3-5-7-10/h3-7,14-15H,2,8-9H2,1H3. The lowest BCUT2D eigenvalue weighted by atomic mass is 10.0. The molecule has 0 aliphatic rings. The summed E-state index contributed by atoms with van der Waals surface area (Å²) in [7, 11) is 0. The smallest absolute Gasteiger partial charge is 0.366 e. The van der Waals surface area contributed by atoms with Gasteiger partial charge in [-0.05, 0) is 18.9 Å². The molecule has 0 aliphatic heterocycles. The zero-order valence-corrected chi connectivity index (χ0v) is 9.22. The summed E-state index contributed by atoms with van der Waals surface area (Å²) < 4.78 is 4.56. The van der Waals surface area contributed by atoms with Gasteiger partial charge in [-0.15, -0.1) is 0 Å². The number of ether oxygens (including phenoxy) is 1. The molecule has 0 unspecified atom stereocenters. The van der Waals surface area contributed by atoms with E-state index < -0.39 is 11.8 Å². The summed E-state index contributed by atoms with van der Waals surface area (Å²) in [6.45, 7) is 1.75. The summed E-state index contributed by atoms with van der Waals surface area (Å²) in [5.74, 6) is -3.39. The number of esters is 1. The maximum atomic E-state index is 11.2. The number of carbonyl (C=O) groups excluding carboxylic acids is 1. The number of hydrogen-bond donors (Lipinski definition) is 2. The van der Waals surface area contributed by atoms with Gasteiger partial charge in [0.25, 0.3) is 5.79 Å². The number of rotatable bonds is 5. The van der Waals surface area contributed by atoms with E-state index in [2.05, 4.69) is 4.74 Å². The molecular weight excluding hydrogens is 208 g/mol. The number of aliphatic hydroxyl groups is 2. The first-order valence-electron chi connectivity index (χ1n) is 5.22. The summed E-state index contributed by atoms with van der Waals surface area (Å²) in [5, 5.41) is 18.9. The van der Waals surface area contributed by atoms with Crippen molar-refractivity contribution in [2.75, 3.05) is 6.61 Å². The van der Waals surface area contributed by atoms with Crippen LogP contribution in [0.15, 0.2) is 30.3 Å². The van der Waals surface area contributed by atoms with Crippen molar-refractivity contribution in [3.63, 3.8) is 0 Å². The highest BCUT2D eigenvalue weighted by molar-refractivity contribution is 5.77. The normalized spacial score (nSPS) is 11.2. The molecule has 0 radical (unpaired) electrons. The van der Waals surface area contributed by atoms with Crippen molar-refractivity contribution in [2.24, 2.45) is 0 Å². The molecule has 0 saturated heterocycles. The minimum Gasteiger partial charge on any atom is -0.462 e. The first-order chi connectivity index (χ1) is 7.56. The number of hydrogen-bond acceptors (Lipinski definition) is 4. The Kier molecular flexibility index (Phi) is 4.46. The van der Waals surface area contributed by atoms with Gasteiger partial charge >= 0.3 is 5.97 Å². The molecule has 4 nitrogen and oxygen atoms in total. The zero-order chi connectivity index (χ0) is 12.0. The molecule has 88 valence electrons. The van der Waals surface area contributed by atoms with Crippen LogP contribution in [0, 0.1) is 0 Å². The second-order valence-corrected chi connectivity index (χ2v) is 3.52. The molecule has 0 aromatic heterocycles. The van der Waals surface area contributed by atoms with Gasteiger partial charge in [0.05, 0.1) is 6.61 Å². The van der Waals surface area contributed by atoms with Crippen LogP contribution in [-0.2, 0) is 16.0 Å². The maximum absolute atomic E-state index is 11.2. The summed E-state index contributed by atoms with van der Waals surface area (Å²) in [6.07, 6.45) is 0.336. The molecule has 0 bridgehead atoms. The van der Waals surface area contributed by atoms with E-state index in [0.29, 0.717) is 6.42 Å². The van der Waals surface area contributed by atoms with Crippen molar-refractivity contribution < 1.29 is 19.7 Å². The second kappa shape index (κ2) is 5.63. The van der Waals surface area contributed by atoms with Crippen molar-refractivity contribution in [3.05, 3.63) is 35.9 Å². The van der Waals surface area contributed by atoms with Gasteiger partial charge in [-0.3, -0.25) is 0 Å². The molecule has 2 N–H and O–H groups in total. The lowest BCUT2D eigenvalue weighted by molar-refractivity contribution is -0.210. The van der Waals surface area contributed by atoms with E-state index in [1.54, 1.807) is 6.92 Å². The van der Waals surface area contributed by atoms with Gasteiger partial charge in [0.15, 0.2) is 0 Å². The topological polar surface area (TPSA) is 66.8 Å². The van der Waals surface area contributed by atoms with Gasteiger partial charge in [0.1, 0.15) is 0 Å². The van der Waals surface area contributed by atoms with Crippen molar-refractivity contribution in [1.29, 1.82) is 0 Å². The molecule has 1 aromatic carbocycles. The van der Waals surface area contributed by atoms with Crippen molar-refractivity contribution >= 4 is 5.97 Å². The molecule has 16 heavy (non-hydrogen) atoms. The predicted molar refractivity (Wildman–Crippen MR) is 58.6 cm³/mol. The third-order valence-corrected chi connectivity index (χ3v) is 2.21. The molecule has 1 aromatic rings. The summed E-state index contributed by atoms with van der Waals surface area (Å²) >= 11 is 0. The fourth-order valence-corrected chi connectivity index (χ4v) is 1.31.